The van der Waals surface area contributed by atoms with Gasteiger partial charge in [0.15, 0.2) is 0 Å². The Bertz CT molecular complexity index is 741. The molecule has 0 aliphatic carbocycles. The minimum atomic E-state index is -0.961. The van der Waals surface area contributed by atoms with Crippen molar-refractivity contribution in [3.8, 4) is 0 Å². The maximum Gasteiger partial charge on any atom is 0.222 e. The second kappa shape index (κ2) is 7.78. The summed E-state index contributed by atoms with van der Waals surface area (Å²) in [6, 6.07) is 6.16. The minimum absolute atomic E-state index is 0.0410. The number of rotatable bonds is 6. The SMILES string of the molecule is CN(C[C@]1(O)CCN(c2cnccn2)C1)C(=O)CCc1ccc(F)cc1. The molecule has 1 saturated heterocycles. The van der Waals surface area contributed by atoms with E-state index in [1.165, 1.54) is 12.1 Å². The number of benzene rings is 1. The molecule has 1 N–H and O–H groups in total. The zero-order chi connectivity index (χ0) is 18.6. The number of carbonyl (C=O) groups excluding carboxylic acids is 1. The van der Waals surface area contributed by atoms with Crippen molar-refractivity contribution in [2.75, 3.05) is 31.6 Å². The highest BCUT2D eigenvalue weighted by Gasteiger charge is 2.38. The summed E-state index contributed by atoms with van der Waals surface area (Å²) in [6.07, 6.45) is 6.35. The Labute approximate surface area is 152 Å². The number of nitrogens with zero attached hydrogens (tertiary/aromatic N) is 4. The van der Waals surface area contributed by atoms with Crippen LogP contribution < -0.4 is 4.90 Å². The lowest BCUT2D eigenvalue weighted by Gasteiger charge is -2.29. The number of halogens is 1. The van der Waals surface area contributed by atoms with Gasteiger partial charge in [-0.15, -0.1) is 0 Å². The first-order valence-electron chi connectivity index (χ1n) is 8.67. The molecule has 7 heteroatoms. The van der Waals surface area contributed by atoms with Crippen LogP contribution in [0.15, 0.2) is 42.9 Å². The maximum atomic E-state index is 12.9. The van der Waals surface area contributed by atoms with Crippen LogP contribution in [-0.4, -0.2) is 58.2 Å². The number of likely N-dealkylation sites (N-methyl/N-ethyl adjacent to an activating group) is 1. The van der Waals surface area contributed by atoms with E-state index in [0.717, 1.165) is 11.4 Å². The quantitative estimate of drug-likeness (QED) is 0.850. The highest BCUT2D eigenvalue weighted by Crippen LogP contribution is 2.25. The molecule has 0 saturated carbocycles. The fourth-order valence-corrected chi connectivity index (χ4v) is 3.26. The van der Waals surface area contributed by atoms with Crippen molar-refractivity contribution in [3.05, 3.63) is 54.2 Å². The highest BCUT2D eigenvalue weighted by molar-refractivity contribution is 5.76. The number of aryl methyl sites for hydroxylation is 1. The monoisotopic (exact) mass is 358 g/mol. The van der Waals surface area contributed by atoms with Gasteiger partial charge in [0, 0.05) is 39.0 Å². The molecule has 1 aromatic heterocycles. The van der Waals surface area contributed by atoms with E-state index in [1.54, 1.807) is 42.7 Å². The predicted octanol–water partition coefficient (Wildman–Crippen LogP) is 1.65. The van der Waals surface area contributed by atoms with Crippen molar-refractivity contribution >= 4 is 11.7 Å². The van der Waals surface area contributed by atoms with Crippen molar-refractivity contribution in [2.45, 2.75) is 24.9 Å². The van der Waals surface area contributed by atoms with E-state index in [0.29, 0.717) is 32.4 Å². The van der Waals surface area contributed by atoms with E-state index in [1.807, 2.05) is 4.90 Å². The molecular weight excluding hydrogens is 335 g/mol. The van der Waals surface area contributed by atoms with Gasteiger partial charge >= 0.3 is 0 Å². The van der Waals surface area contributed by atoms with E-state index in [9.17, 15) is 14.3 Å². The number of anilines is 1. The van der Waals surface area contributed by atoms with Crippen LogP contribution in [0.3, 0.4) is 0 Å². The summed E-state index contributed by atoms with van der Waals surface area (Å²) in [5.41, 5.74) is -0.0424. The Balaban J connectivity index is 1.51. The zero-order valence-corrected chi connectivity index (χ0v) is 14.8. The molecule has 1 fully saturated rings. The number of β-amino-alcohol motifs (C(OH)–C–C–N with tert-alkyl or cyclic N) is 1. The number of aromatic nitrogens is 2. The Hall–Kier alpha value is -2.54. The topological polar surface area (TPSA) is 69.6 Å². The van der Waals surface area contributed by atoms with Gasteiger partial charge in [0.05, 0.1) is 12.7 Å². The van der Waals surface area contributed by atoms with Crippen molar-refractivity contribution < 1.29 is 14.3 Å². The van der Waals surface area contributed by atoms with Gasteiger partial charge < -0.3 is 14.9 Å². The normalized spacial score (nSPS) is 19.6. The summed E-state index contributed by atoms with van der Waals surface area (Å²) < 4.78 is 12.9. The van der Waals surface area contributed by atoms with E-state index in [-0.39, 0.29) is 18.3 Å². The van der Waals surface area contributed by atoms with Crippen LogP contribution in [0.25, 0.3) is 0 Å². The van der Waals surface area contributed by atoms with E-state index in [4.69, 9.17) is 0 Å². The van der Waals surface area contributed by atoms with Gasteiger partial charge in [-0.25, -0.2) is 9.37 Å². The minimum Gasteiger partial charge on any atom is -0.386 e. The van der Waals surface area contributed by atoms with Crippen molar-refractivity contribution in [1.29, 1.82) is 0 Å². The van der Waals surface area contributed by atoms with Gasteiger partial charge in [-0.3, -0.25) is 9.78 Å². The molecule has 1 aromatic carbocycles. The number of carbonyl (C=O) groups is 1. The third-order valence-electron chi connectivity index (χ3n) is 4.70. The van der Waals surface area contributed by atoms with Crippen LogP contribution in [0.2, 0.25) is 0 Å². The Kier molecular flexibility index (Phi) is 5.46. The number of aliphatic hydroxyl groups is 1. The summed E-state index contributed by atoms with van der Waals surface area (Å²) >= 11 is 0. The molecule has 138 valence electrons. The molecule has 2 heterocycles. The third-order valence-corrected chi connectivity index (χ3v) is 4.70. The van der Waals surface area contributed by atoms with Gasteiger partial charge in [-0.2, -0.15) is 0 Å². The summed E-state index contributed by atoms with van der Waals surface area (Å²) in [6.45, 7) is 1.36. The molecule has 1 amide bonds. The largest absolute Gasteiger partial charge is 0.386 e. The number of hydrogen-bond acceptors (Lipinski definition) is 5. The zero-order valence-electron chi connectivity index (χ0n) is 14.8. The fourth-order valence-electron chi connectivity index (χ4n) is 3.26. The highest BCUT2D eigenvalue weighted by atomic mass is 19.1. The Morgan fingerprint density at radius 2 is 2.12 bits per heavy atom. The van der Waals surface area contributed by atoms with E-state index >= 15 is 0 Å². The summed E-state index contributed by atoms with van der Waals surface area (Å²) in [5, 5.41) is 10.8. The molecule has 1 atom stereocenters. The lowest BCUT2D eigenvalue weighted by molar-refractivity contribution is -0.132. The molecule has 6 nitrogen and oxygen atoms in total. The van der Waals surface area contributed by atoms with Gasteiger partial charge in [0.25, 0.3) is 0 Å². The fraction of sp³-hybridized carbons (Fsp3) is 0.421. The number of hydrogen-bond donors (Lipinski definition) is 1. The standard InChI is InChI=1S/C19H23FN4O2/c1-23(18(25)7-4-15-2-5-16(20)6-3-15)13-19(26)8-11-24(14-19)17-12-21-9-10-22-17/h2-3,5-6,9-10,12,26H,4,7-8,11,13-14H2,1H3/t19-/m1/s1. The summed E-state index contributed by atoms with van der Waals surface area (Å²) in [7, 11) is 1.70. The first kappa shape index (κ1) is 18.3. The van der Waals surface area contributed by atoms with Gasteiger partial charge in [-0.05, 0) is 30.5 Å². The third kappa shape index (κ3) is 4.54. The lowest BCUT2D eigenvalue weighted by atomic mass is 10.0. The molecule has 0 bridgehead atoms. The van der Waals surface area contributed by atoms with Crippen LogP contribution in [0.4, 0.5) is 10.2 Å². The average Bonchev–Trinajstić information content (AvgIpc) is 3.03. The summed E-state index contributed by atoms with van der Waals surface area (Å²) in [4.78, 5) is 24.2. The molecular formula is C19H23FN4O2. The lowest BCUT2D eigenvalue weighted by Crippen LogP contribution is -2.46. The van der Waals surface area contributed by atoms with Crippen molar-refractivity contribution in [1.82, 2.24) is 14.9 Å². The van der Waals surface area contributed by atoms with Crippen LogP contribution in [0.1, 0.15) is 18.4 Å². The first-order chi connectivity index (χ1) is 12.5. The van der Waals surface area contributed by atoms with Crippen LogP contribution in [0.5, 0.6) is 0 Å². The van der Waals surface area contributed by atoms with Crippen LogP contribution >= 0.6 is 0 Å². The molecule has 0 radical (unpaired) electrons. The van der Waals surface area contributed by atoms with Gasteiger partial charge in [0.2, 0.25) is 5.91 Å². The van der Waals surface area contributed by atoms with Crippen LogP contribution in [-0.2, 0) is 11.2 Å². The molecule has 26 heavy (non-hydrogen) atoms. The molecule has 0 spiro atoms. The molecule has 2 aromatic rings. The van der Waals surface area contributed by atoms with Gasteiger partial charge in [-0.1, -0.05) is 12.1 Å². The molecule has 0 unspecified atom stereocenters. The Morgan fingerprint density at radius 3 is 2.81 bits per heavy atom. The summed E-state index contributed by atoms with van der Waals surface area (Å²) in [5.74, 6) is 0.405. The van der Waals surface area contributed by atoms with E-state index in [2.05, 4.69) is 9.97 Å². The van der Waals surface area contributed by atoms with E-state index < -0.39 is 5.60 Å². The van der Waals surface area contributed by atoms with Crippen LogP contribution in [0, 0.1) is 5.82 Å². The molecule has 1 aliphatic heterocycles. The number of amides is 1. The predicted molar refractivity (Wildman–Crippen MR) is 96.2 cm³/mol. The molecule has 1 aliphatic rings. The second-order valence-corrected chi connectivity index (χ2v) is 6.84. The average molecular weight is 358 g/mol. The maximum absolute atomic E-state index is 12.9. The first-order valence-corrected chi connectivity index (χ1v) is 8.67. The molecule has 3 rings (SSSR count). The van der Waals surface area contributed by atoms with Gasteiger partial charge in [0.1, 0.15) is 17.2 Å². The van der Waals surface area contributed by atoms with Crippen molar-refractivity contribution in [2.24, 2.45) is 0 Å². The second-order valence-electron chi connectivity index (χ2n) is 6.84. The smallest absolute Gasteiger partial charge is 0.222 e. The Morgan fingerprint density at radius 1 is 1.35 bits per heavy atom. The van der Waals surface area contributed by atoms with Crippen molar-refractivity contribution in [3.63, 3.8) is 0 Å².